The Morgan fingerprint density at radius 3 is 2.28 bits per heavy atom. The van der Waals surface area contributed by atoms with Gasteiger partial charge in [0.05, 0.1) is 29.7 Å². The zero-order valence-electron chi connectivity index (χ0n) is 20.3. The number of urea groups is 1. The highest BCUT2D eigenvalue weighted by molar-refractivity contribution is 5.90. The number of fused-ring (bicyclic) bond motifs is 3. The molecule has 0 spiro atoms. The Hall–Kier alpha value is -4.58. The second-order valence-electron chi connectivity index (χ2n) is 9.18. The summed E-state index contributed by atoms with van der Waals surface area (Å²) in [6.45, 7) is 4.51. The first-order valence-corrected chi connectivity index (χ1v) is 12.1. The van der Waals surface area contributed by atoms with E-state index in [-0.39, 0.29) is 12.1 Å². The average Bonchev–Trinajstić information content (AvgIpc) is 3.46. The first-order chi connectivity index (χ1) is 17.6. The number of aryl methyl sites for hydroxylation is 2. The van der Waals surface area contributed by atoms with Crippen LogP contribution in [0.3, 0.4) is 0 Å². The number of nitrogens with one attached hydrogen (secondary N) is 1. The lowest BCUT2D eigenvalue weighted by Crippen LogP contribution is -2.38. The highest BCUT2D eigenvalue weighted by atomic mass is 16.2. The molecule has 0 radical (unpaired) electrons. The van der Waals surface area contributed by atoms with Gasteiger partial charge in [-0.25, -0.2) is 9.48 Å². The smallest absolute Gasteiger partial charge is 0.308 e. The van der Waals surface area contributed by atoms with Gasteiger partial charge in [-0.1, -0.05) is 66.2 Å². The zero-order chi connectivity index (χ0) is 24.6. The third-order valence-electron chi connectivity index (χ3n) is 6.77. The topological polar surface area (TPSA) is 55.1 Å². The second kappa shape index (κ2) is 8.89. The molecule has 3 heterocycles. The minimum Gasteiger partial charge on any atom is -0.308 e. The molecule has 0 aliphatic carbocycles. The Balaban J connectivity index is 1.54. The summed E-state index contributed by atoms with van der Waals surface area (Å²) >= 11 is 0. The van der Waals surface area contributed by atoms with Crippen molar-refractivity contribution in [2.45, 2.75) is 26.4 Å². The van der Waals surface area contributed by atoms with E-state index in [0.717, 1.165) is 39.7 Å². The van der Waals surface area contributed by atoms with Crippen LogP contribution >= 0.6 is 0 Å². The Morgan fingerprint density at radius 1 is 0.861 bits per heavy atom. The van der Waals surface area contributed by atoms with Crippen molar-refractivity contribution in [2.24, 2.45) is 0 Å². The van der Waals surface area contributed by atoms with Crippen molar-refractivity contribution >= 4 is 11.7 Å². The summed E-state index contributed by atoms with van der Waals surface area (Å²) in [5, 5.41) is 8.02. The van der Waals surface area contributed by atoms with E-state index in [0.29, 0.717) is 6.54 Å². The van der Waals surface area contributed by atoms with E-state index in [9.17, 15) is 4.79 Å². The predicted molar refractivity (Wildman–Crippen MR) is 142 cm³/mol. The van der Waals surface area contributed by atoms with Gasteiger partial charge in [0.15, 0.2) is 0 Å². The summed E-state index contributed by atoms with van der Waals surface area (Å²) in [7, 11) is 0. The van der Waals surface area contributed by atoms with Gasteiger partial charge < -0.3 is 14.8 Å². The van der Waals surface area contributed by atoms with Crippen molar-refractivity contribution in [2.75, 3.05) is 5.32 Å². The molecule has 178 valence electrons. The third kappa shape index (κ3) is 3.77. The van der Waals surface area contributed by atoms with Crippen LogP contribution in [0.2, 0.25) is 0 Å². The molecule has 0 fully saturated rings. The van der Waals surface area contributed by atoms with Crippen molar-refractivity contribution < 1.29 is 4.79 Å². The molecule has 5 aromatic rings. The molecular formula is C30H27N5O. The van der Waals surface area contributed by atoms with Crippen molar-refractivity contribution in [3.8, 4) is 11.5 Å². The fourth-order valence-corrected chi connectivity index (χ4v) is 4.97. The zero-order valence-corrected chi connectivity index (χ0v) is 20.3. The van der Waals surface area contributed by atoms with E-state index >= 15 is 0 Å². The molecule has 1 N–H and O–H groups in total. The molecule has 0 saturated heterocycles. The van der Waals surface area contributed by atoms with Crippen molar-refractivity contribution in [3.05, 3.63) is 131 Å². The number of rotatable bonds is 3. The number of aromatic nitrogens is 3. The molecular weight excluding hydrogens is 446 g/mol. The Kier molecular flexibility index (Phi) is 5.41. The van der Waals surface area contributed by atoms with Crippen LogP contribution in [0.1, 0.15) is 34.1 Å². The highest BCUT2D eigenvalue weighted by Crippen LogP contribution is 2.38. The summed E-state index contributed by atoms with van der Waals surface area (Å²) in [4.78, 5) is 15.8. The molecule has 0 saturated carbocycles. The number of hydrogen-bond donors (Lipinski definition) is 1. The van der Waals surface area contributed by atoms with Gasteiger partial charge >= 0.3 is 6.03 Å². The minimum atomic E-state index is -0.277. The van der Waals surface area contributed by atoms with Gasteiger partial charge in [0, 0.05) is 17.4 Å². The molecule has 1 aliphatic heterocycles. The normalized spacial score (nSPS) is 14.6. The molecule has 3 aromatic carbocycles. The maximum Gasteiger partial charge on any atom is 0.322 e. The summed E-state index contributed by atoms with van der Waals surface area (Å²) in [5.74, 6) is 0.964. The first kappa shape index (κ1) is 21.9. The van der Waals surface area contributed by atoms with Gasteiger partial charge in [-0.15, -0.1) is 0 Å². The third-order valence-corrected chi connectivity index (χ3v) is 6.77. The van der Waals surface area contributed by atoms with Gasteiger partial charge in [0.1, 0.15) is 5.82 Å². The Bertz CT molecular complexity index is 1520. The van der Waals surface area contributed by atoms with Crippen LogP contribution in [0.15, 0.2) is 103 Å². The summed E-state index contributed by atoms with van der Waals surface area (Å²) in [6.07, 6.45) is 2.06. The number of anilines is 1. The molecule has 6 rings (SSSR count). The van der Waals surface area contributed by atoms with E-state index in [4.69, 9.17) is 5.10 Å². The van der Waals surface area contributed by atoms with E-state index in [1.165, 1.54) is 5.56 Å². The summed E-state index contributed by atoms with van der Waals surface area (Å²) < 4.78 is 4.17. The van der Waals surface area contributed by atoms with Crippen LogP contribution in [-0.4, -0.2) is 25.3 Å². The standard InChI is InChI=1S/C30H27N5O/c1-21-15-17-23(18-16-21)28-27-14-9-19-33(27)29-26(22(2)32-35(29)25-12-7-4-8-13-25)20-34(28)30(36)31-24-10-5-3-6-11-24/h3-19,28H,20H2,1-2H3,(H,31,36). The van der Waals surface area contributed by atoms with Crippen LogP contribution < -0.4 is 5.32 Å². The van der Waals surface area contributed by atoms with E-state index in [2.05, 4.69) is 65.5 Å². The number of amides is 2. The van der Waals surface area contributed by atoms with E-state index in [1.54, 1.807) is 0 Å². The Labute approximate surface area is 210 Å². The Morgan fingerprint density at radius 2 is 1.56 bits per heavy atom. The number of para-hydroxylation sites is 2. The van der Waals surface area contributed by atoms with Gasteiger partial charge in [-0.2, -0.15) is 5.10 Å². The first-order valence-electron chi connectivity index (χ1n) is 12.1. The molecule has 2 amide bonds. The fourth-order valence-electron chi connectivity index (χ4n) is 4.97. The van der Waals surface area contributed by atoms with Crippen LogP contribution in [0, 0.1) is 13.8 Å². The molecule has 6 nitrogen and oxygen atoms in total. The fraction of sp³-hybridized carbons (Fsp3) is 0.133. The average molecular weight is 474 g/mol. The molecule has 1 atom stereocenters. The van der Waals surface area contributed by atoms with E-state index in [1.807, 2.05) is 71.1 Å². The predicted octanol–water partition coefficient (Wildman–Crippen LogP) is 6.42. The molecule has 2 aromatic heterocycles. The quantitative estimate of drug-likeness (QED) is 0.329. The van der Waals surface area contributed by atoms with Crippen LogP contribution in [0.25, 0.3) is 11.5 Å². The molecule has 6 heteroatoms. The maximum atomic E-state index is 13.9. The summed E-state index contributed by atoms with van der Waals surface area (Å²) in [6, 6.07) is 31.9. The van der Waals surface area contributed by atoms with Gasteiger partial charge in [-0.3, -0.25) is 0 Å². The molecule has 0 bridgehead atoms. The van der Waals surface area contributed by atoms with Crippen molar-refractivity contribution in [1.29, 1.82) is 0 Å². The lowest BCUT2D eigenvalue weighted by Gasteiger charge is -2.31. The van der Waals surface area contributed by atoms with Gasteiger partial charge in [0.2, 0.25) is 0 Å². The number of carbonyl (C=O) groups is 1. The van der Waals surface area contributed by atoms with Crippen molar-refractivity contribution in [1.82, 2.24) is 19.2 Å². The van der Waals surface area contributed by atoms with Crippen LogP contribution in [0.5, 0.6) is 0 Å². The van der Waals surface area contributed by atoms with Crippen LogP contribution in [0.4, 0.5) is 10.5 Å². The monoisotopic (exact) mass is 473 g/mol. The van der Waals surface area contributed by atoms with Crippen LogP contribution in [-0.2, 0) is 6.54 Å². The van der Waals surface area contributed by atoms with E-state index < -0.39 is 0 Å². The largest absolute Gasteiger partial charge is 0.322 e. The molecule has 1 aliphatic rings. The minimum absolute atomic E-state index is 0.153. The molecule has 1 unspecified atom stereocenters. The highest BCUT2D eigenvalue weighted by Gasteiger charge is 2.36. The second-order valence-corrected chi connectivity index (χ2v) is 9.18. The number of nitrogens with zero attached hydrogens (tertiary/aromatic N) is 4. The SMILES string of the molecule is Cc1ccc(C2c3cccn3-c3c(c(C)nn3-c3ccccc3)CN2C(=O)Nc2ccccc2)cc1. The molecule has 36 heavy (non-hydrogen) atoms. The number of hydrogen-bond acceptors (Lipinski definition) is 2. The summed E-state index contributed by atoms with van der Waals surface area (Å²) in [5.41, 5.74) is 6.92. The lowest BCUT2D eigenvalue weighted by molar-refractivity contribution is 0.194. The van der Waals surface area contributed by atoms with Gasteiger partial charge in [0.25, 0.3) is 0 Å². The maximum absolute atomic E-state index is 13.9. The number of carbonyl (C=O) groups excluding carboxylic acids is 1. The van der Waals surface area contributed by atoms with Gasteiger partial charge in [-0.05, 0) is 55.8 Å². The lowest BCUT2D eigenvalue weighted by atomic mass is 10.0. The van der Waals surface area contributed by atoms with Crippen molar-refractivity contribution in [3.63, 3.8) is 0 Å². The number of benzene rings is 3.